The smallest absolute Gasteiger partial charge is 0.347 e. The van der Waals surface area contributed by atoms with Gasteiger partial charge in [0.2, 0.25) is 5.66 Å². The number of hydrogen-bond acceptors (Lipinski definition) is 7. The first kappa shape index (κ1) is 19.5. The van der Waals surface area contributed by atoms with E-state index in [0.29, 0.717) is 0 Å². The first-order valence-corrected chi connectivity index (χ1v) is 6.00. The van der Waals surface area contributed by atoms with E-state index in [2.05, 4.69) is 22.3 Å². The molecule has 0 aliphatic carbocycles. The number of hydrogen-bond donors (Lipinski definition) is 6. The monoisotopic (exact) mass is 319 g/mol. The highest BCUT2D eigenvalue weighted by atomic mass is 16.4. The molecular formula is C11H17N3O8. The van der Waals surface area contributed by atoms with Crippen molar-refractivity contribution < 1.29 is 39.6 Å². The van der Waals surface area contributed by atoms with Crippen LogP contribution in [0.15, 0.2) is 4.99 Å². The Hall–Kier alpha value is -2.53. The highest BCUT2D eigenvalue weighted by Crippen LogP contribution is 2.12. The van der Waals surface area contributed by atoms with Crippen LogP contribution in [0.3, 0.4) is 0 Å². The van der Waals surface area contributed by atoms with E-state index >= 15 is 0 Å². The molecule has 0 bridgehead atoms. The lowest BCUT2D eigenvalue weighted by Crippen LogP contribution is -2.54. The van der Waals surface area contributed by atoms with Gasteiger partial charge < -0.3 is 25.7 Å². The first-order valence-electron chi connectivity index (χ1n) is 6.00. The van der Waals surface area contributed by atoms with Crippen LogP contribution >= 0.6 is 0 Å². The molecule has 0 aromatic carbocycles. The summed E-state index contributed by atoms with van der Waals surface area (Å²) in [6.07, 6.45) is -1.52. The van der Waals surface area contributed by atoms with Gasteiger partial charge >= 0.3 is 23.9 Å². The van der Waals surface area contributed by atoms with E-state index in [1.807, 2.05) is 0 Å². The maximum atomic E-state index is 11.1. The first-order chi connectivity index (χ1) is 10.1. The van der Waals surface area contributed by atoms with Crippen molar-refractivity contribution >= 4 is 30.6 Å². The van der Waals surface area contributed by atoms with Crippen LogP contribution in [0.4, 0.5) is 0 Å². The summed E-state index contributed by atoms with van der Waals surface area (Å²) in [7, 11) is 0. The van der Waals surface area contributed by atoms with Gasteiger partial charge in [0, 0.05) is 13.1 Å². The van der Waals surface area contributed by atoms with Crippen LogP contribution in [0.2, 0.25) is 0 Å². The van der Waals surface area contributed by atoms with Crippen molar-refractivity contribution in [2.75, 3.05) is 13.1 Å². The molecule has 0 saturated heterocycles. The third-order valence-electron chi connectivity index (χ3n) is 2.64. The average molecular weight is 319 g/mol. The molecule has 0 aliphatic heterocycles. The molecule has 22 heavy (non-hydrogen) atoms. The Bertz CT molecular complexity index is 466. The van der Waals surface area contributed by atoms with Crippen molar-refractivity contribution in [3.8, 4) is 0 Å². The molecule has 11 heteroatoms. The van der Waals surface area contributed by atoms with Crippen LogP contribution in [-0.4, -0.2) is 75.8 Å². The third kappa shape index (κ3) is 6.28. The molecule has 0 fully saturated rings. The predicted octanol–water partition coefficient (Wildman–Crippen LogP) is -1.95. The zero-order valence-electron chi connectivity index (χ0n) is 11.5. The number of rotatable bonds is 12. The van der Waals surface area contributed by atoms with Gasteiger partial charge in [0.05, 0.1) is 12.8 Å². The maximum Gasteiger partial charge on any atom is 0.347 e. The van der Waals surface area contributed by atoms with E-state index in [1.54, 1.807) is 0 Å². The molecule has 0 aromatic heterocycles. The van der Waals surface area contributed by atoms with E-state index < -0.39 is 48.4 Å². The Morgan fingerprint density at radius 3 is 2.00 bits per heavy atom. The van der Waals surface area contributed by atoms with Crippen LogP contribution in [0.1, 0.15) is 12.8 Å². The number of carboxylic acid groups (broad SMARTS) is 4. The Kier molecular flexibility index (Phi) is 7.69. The molecule has 0 spiro atoms. The summed E-state index contributed by atoms with van der Waals surface area (Å²) in [5, 5.41) is 39.8. The van der Waals surface area contributed by atoms with Gasteiger partial charge in [-0.05, 0) is 6.72 Å². The van der Waals surface area contributed by atoms with Crippen molar-refractivity contribution in [2.24, 2.45) is 4.99 Å². The minimum Gasteiger partial charge on any atom is -0.481 e. The van der Waals surface area contributed by atoms with Gasteiger partial charge in [-0.25, -0.2) is 4.79 Å². The molecule has 0 unspecified atom stereocenters. The summed E-state index contributed by atoms with van der Waals surface area (Å²) in [6.45, 7) is 2.76. The van der Waals surface area contributed by atoms with Crippen molar-refractivity contribution in [3.63, 3.8) is 0 Å². The average Bonchev–Trinajstić information content (AvgIpc) is 2.39. The lowest BCUT2D eigenvalue weighted by Gasteiger charge is -2.24. The molecule has 2 atom stereocenters. The van der Waals surface area contributed by atoms with E-state index in [9.17, 15) is 19.2 Å². The van der Waals surface area contributed by atoms with Crippen LogP contribution in [0, 0.1) is 0 Å². The molecule has 0 aliphatic rings. The lowest BCUT2D eigenvalue weighted by molar-refractivity contribution is -0.151. The molecule has 6 N–H and O–H groups in total. The second kappa shape index (κ2) is 8.69. The third-order valence-corrected chi connectivity index (χ3v) is 2.64. The molecule has 0 heterocycles. The summed E-state index contributed by atoms with van der Waals surface area (Å²) in [5.41, 5.74) is -2.14. The predicted molar refractivity (Wildman–Crippen MR) is 71.9 cm³/mol. The quantitative estimate of drug-likeness (QED) is 0.174. The highest BCUT2D eigenvalue weighted by molar-refractivity contribution is 5.85. The number of carboxylic acids is 4. The normalized spacial score (nSPS) is 14.5. The largest absolute Gasteiger partial charge is 0.481 e. The number of aliphatic imine (C=N–C) groups is 1. The highest BCUT2D eigenvalue weighted by Gasteiger charge is 2.39. The van der Waals surface area contributed by atoms with Crippen LogP contribution in [-0.2, 0) is 19.2 Å². The SMILES string of the molecule is C=N[C@@](CC(=O)O)(NCCN[C@@H](CC(=O)O)C(=O)O)C(=O)O. The summed E-state index contributed by atoms with van der Waals surface area (Å²) >= 11 is 0. The number of nitrogens with one attached hydrogen (secondary N) is 2. The minimum atomic E-state index is -2.14. The molecule has 0 amide bonds. The maximum absolute atomic E-state index is 11.1. The molecule has 0 rings (SSSR count). The van der Waals surface area contributed by atoms with Gasteiger partial charge in [0.1, 0.15) is 6.04 Å². The summed E-state index contributed by atoms with van der Waals surface area (Å²) < 4.78 is 0. The Labute approximate surface area is 124 Å². The summed E-state index contributed by atoms with van der Waals surface area (Å²) in [4.78, 5) is 46.3. The minimum absolute atomic E-state index is 0.117. The Morgan fingerprint density at radius 1 is 1.05 bits per heavy atom. The molecule has 0 radical (unpaired) electrons. The molecule has 0 aromatic rings. The van der Waals surface area contributed by atoms with Gasteiger partial charge in [-0.3, -0.25) is 24.7 Å². The zero-order valence-corrected chi connectivity index (χ0v) is 11.5. The van der Waals surface area contributed by atoms with Crippen molar-refractivity contribution in [3.05, 3.63) is 0 Å². The van der Waals surface area contributed by atoms with Crippen LogP contribution in [0.5, 0.6) is 0 Å². The van der Waals surface area contributed by atoms with Crippen molar-refractivity contribution in [1.29, 1.82) is 0 Å². The van der Waals surface area contributed by atoms with Crippen molar-refractivity contribution in [1.82, 2.24) is 10.6 Å². The summed E-state index contributed by atoms with van der Waals surface area (Å²) in [5.74, 6) is -5.65. The van der Waals surface area contributed by atoms with E-state index in [-0.39, 0.29) is 13.1 Å². The summed E-state index contributed by atoms with van der Waals surface area (Å²) in [6, 6.07) is -1.35. The lowest BCUT2D eigenvalue weighted by atomic mass is 10.1. The Morgan fingerprint density at radius 2 is 1.64 bits per heavy atom. The standard InChI is InChI=1S/C11H17N3O8/c1-12-11(10(21)22,5-8(17)18)14-3-2-13-6(9(19)20)4-7(15)16/h6,13-14H,1-5H2,(H,15,16)(H,17,18)(H,19,20)(H,21,22)/t6-,11-/m0/s1. The molecule has 0 saturated carbocycles. The van der Waals surface area contributed by atoms with Gasteiger partial charge in [-0.15, -0.1) is 0 Å². The zero-order chi connectivity index (χ0) is 17.3. The Balaban J connectivity index is 4.59. The second-order valence-electron chi connectivity index (χ2n) is 4.26. The molecular weight excluding hydrogens is 302 g/mol. The topological polar surface area (TPSA) is 186 Å². The van der Waals surface area contributed by atoms with Crippen LogP contribution < -0.4 is 10.6 Å². The fraction of sp³-hybridized carbons (Fsp3) is 0.545. The van der Waals surface area contributed by atoms with Gasteiger partial charge in [0.15, 0.2) is 0 Å². The van der Waals surface area contributed by atoms with Gasteiger partial charge in [-0.2, -0.15) is 0 Å². The van der Waals surface area contributed by atoms with Gasteiger partial charge in [0.25, 0.3) is 0 Å². The van der Waals surface area contributed by atoms with Crippen LogP contribution in [0.25, 0.3) is 0 Å². The molecule has 124 valence electrons. The number of nitrogens with zero attached hydrogens (tertiary/aromatic N) is 1. The fourth-order valence-electron chi connectivity index (χ4n) is 1.55. The number of aliphatic carboxylic acids is 4. The number of carbonyl (C=O) groups is 4. The molecule has 11 nitrogen and oxygen atoms in total. The fourth-order valence-corrected chi connectivity index (χ4v) is 1.55. The van der Waals surface area contributed by atoms with Gasteiger partial charge in [-0.1, -0.05) is 0 Å². The van der Waals surface area contributed by atoms with E-state index in [0.717, 1.165) is 0 Å². The van der Waals surface area contributed by atoms with E-state index in [1.165, 1.54) is 0 Å². The van der Waals surface area contributed by atoms with E-state index in [4.69, 9.17) is 20.4 Å². The van der Waals surface area contributed by atoms with Crippen molar-refractivity contribution in [2.45, 2.75) is 24.5 Å². The second-order valence-corrected chi connectivity index (χ2v) is 4.26.